The highest BCUT2D eigenvalue weighted by molar-refractivity contribution is 5.42. The summed E-state index contributed by atoms with van der Waals surface area (Å²) >= 11 is 0. The van der Waals surface area contributed by atoms with E-state index in [2.05, 4.69) is 11.9 Å². The predicted octanol–water partition coefficient (Wildman–Crippen LogP) is 3.22. The third-order valence-electron chi connectivity index (χ3n) is 4.32. The molecular formula is C15H24N2O. The monoisotopic (exact) mass is 248 g/mol. The number of anilines is 1. The number of aromatic nitrogens is 1. The molecule has 0 saturated heterocycles. The van der Waals surface area contributed by atoms with Gasteiger partial charge in [-0.2, -0.15) is 0 Å². The van der Waals surface area contributed by atoms with Crippen molar-refractivity contribution in [2.75, 3.05) is 5.73 Å². The van der Waals surface area contributed by atoms with Crippen molar-refractivity contribution in [3.8, 4) is 0 Å². The summed E-state index contributed by atoms with van der Waals surface area (Å²) in [6.07, 6.45) is 7.24. The van der Waals surface area contributed by atoms with Crippen molar-refractivity contribution >= 4 is 5.82 Å². The molecule has 3 nitrogen and oxygen atoms in total. The van der Waals surface area contributed by atoms with E-state index in [9.17, 15) is 5.11 Å². The number of aliphatic hydroxyl groups excluding tert-OH is 1. The van der Waals surface area contributed by atoms with Gasteiger partial charge in [-0.15, -0.1) is 0 Å². The molecule has 3 heteroatoms. The smallest absolute Gasteiger partial charge is 0.129 e. The fourth-order valence-corrected chi connectivity index (χ4v) is 3.01. The molecule has 1 aromatic rings. The molecule has 2 rings (SSSR count). The van der Waals surface area contributed by atoms with Crippen LogP contribution >= 0.6 is 0 Å². The second-order valence-electron chi connectivity index (χ2n) is 5.62. The molecule has 0 aromatic carbocycles. The molecular weight excluding hydrogens is 224 g/mol. The summed E-state index contributed by atoms with van der Waals surface area (Å²) in [7, 11) is 0. The summed E-state index contributed by atoms with van der Waals surface area (Å²) < 4.78 is 0. The predicted molar refractivity (Wildman–Crippen MR) is 74.1 cm³/mol. The first kappa shape index (κ1) is 13.3. The number of pyridine rings is 1. The van der Waals surface area contributed by atoms with E-state index in [-0.39, 0.29) is 0 Å². The Morgan fingerprint density at radius 1 is 1.39 bits per heavy atom. The van der Waals surface area contributed by atoms with Gasteiger partial charge in [-0.1, -0.05) is 26.2 Å². The van der Waals surface area contributed by atoms with Gasteiger partial charge in [-0.3, -0.25) is 0 Å². The average Bonchev–Trinajstić information content (AvgIpc) is 2.41. The van der Waals surface area contributed by atoms with E-state index in [1.807, 2.05) is 13.0 Å². The van der Waals surface area contributed by atoms with Crippen molar-refractivity contribution in [2.24, 2.45) is 11.8 Å². The van der Waals surface area contributed by atoms with Gasteiger partial charge in [0, 0.05) is 11.8 Å². The van der Waals surface area contributed by atoms with Crippen LogP contribution in [0.5, 0.6) is 0 Å². The van der Waals surface area contributed by atoms with Gasteiger partial charge in [0.2, 0.25) is 0 Å². The Labute approximate surface area is 109 Å². The molecule has 0 radical (unpaired) electrons. The van der Waals surface area contributed by atoms with Gasteiger partial charge in [-0.25, -0.2) is 4.98 Å². The molecule has 18 heavy (non-hydrogen) atoms. The maximum absolute atomic E-state index is 10.5. The summed E-state index contributed by atoms with van der Waals surface area (Å²) in [6.45, 7) is 4.24. The number of hydrogen-bond acceptors (Lipinski definition) is 3. The minimum Gasteiger partial charge on any atom is -0.388 e. The molecule has 1 fully saturated rings. The van der Waals surface area contributed by atoms with Crippen LogP contribution in [0.2, 0.25) is 0 Å². The second kappa shape index (κ2) is 5.70. The maximum atomic E-state index is 10.5. The summed E-state index contributed by atoms with van der Waals surface area (Å²) in [5, 5.41) is 10.5. The van der Waals surface area contributed by atoms with Crippen LogP contribution in [0, 0.1) is 18.8 Å². The molecule has 1 aromatic heterocycles. The molecule has 1 saturated carbocycles. The van der Waals surface area contributed by atoms with Crippen LogP contribution in [-0.2, 0) is 0 Å². The van der Waals surface area contributed by atoms with Crippen molar-refractivity contribution in [1.82, 2.24) is 4.98 Å². The van der Waals surface area contributed by atoms with E-state index < -0.39 is 6.10 Å². The number of aryl methyl sites for hydroxylation is 1. The fraction of sp³-hybridized carbons (Fsp3) is 0.667. The quantitative estimate of drug-likeness (QED) is 0.863. The summed E-state index contributed by atoms with van der Waals surface area (Å²) in [5.41, 5.74) is 7.75. The third kappa shape index (κ3) is 2.83. The van der Waals surface area contributed by atoms with Gasteiger partial charge in [0.25, 0.3) is 0 Å². The average molecular weight is 248 g/mol. The summed E-state index contributed by atoms with van der Waals surface area (Å²) in [5.74, 6) is 1.67. The SMILES string of the molecule is CCC1CCC(C(O)c2cc(C)cnc2N)CC1. The first-order valence-corrected chi connectivity index (χ1v) is 7.02. The van der Waals surface area contributed by atoms with Crippen molar-refractivity contribution in [2.45, 2.75) is 52.1 Å². The minimum atomic E-state index is -0.449. The zero-order chi connectivity index (χ0) is 13.1. The Morgan fingerprint density at radius 2 is 2.06 bits per heavy atom. The van der Waals surface area contributed by atoms with Crippen LogP contribution < -0.4 is 5.73 Å². The van der Waals surface area contributed by atoms with Gasteiger partial charge in [-0.05, 0) is 43.2 Å². The van der Waals surface area contributed by atoms with E-state index in [0.29, 0.717) is 11.7 Å². The van der Waals surface area contributed by atoms with Crippen LogP contribution in [-0.4, -0.2) is 10.1 Å². The van der Waals surface area contributed by atoms with Crippen LogP contribution in [0.15, 0.2) is 12.3 Å². The number of aliphatic hydroxyl groups is 1. The Balaban J connectivity index is 2.07. The molecule has 1 atom stereocenters. The van der Waals surface area contributed by atoms with E-state index in [4.69, 9.17) is 5.73 Å². The highest BCUT2D eigenvalue weighted by atomic mass is 16.3. The van der Waals surface area contributed by atoms with E-state index in [0.717, 1.165) is 29.9 Å². The van der Waals surface area contributed by atoms with Crippen molar-refractivity contribution < 1.29 is 5.11 Å². The molecule has 1 heterocycles. The molecule has 0 aliphatic heterocycles. The molecule has 0 amide bonds. The molecule has 1 aliphatic rings. The lowest BCUT2D eigenvalue weighted by Gasteiger charge is -2.31. The first-order valence-electron chi connectivity index (χ1n) is 7.02. The van der Waals surface area contributed by atoms with Gasteiger partial charge in [0.1, 0.15) is 5.82 Å². The van der Waals surface area contributed by atoms with Crippen LogP contribution in [0.25, 0.3) is 0 Å². The lowest BCUT2D eigenvalue weighted by molar-refractivity contribution is 0.0732. The fourth-order valence-electron chi connectivity index (χ4n) is 3.01. The summed E-state index contributed by atoms with van der Waals surface area (Å²) in [4.78, 5) is 4.14. The van der Waals surface area contributed by atoms with Gasteiger partial charge < -0.3 is 10.8 Å². The van der Waals surface area contributed by atoms with Crippen molar-refractivity contribution in [1.29, 1.82) is 0 Å². The normalized spacial score (nSPS) is 25.9. The number of rotatable bonds is 3. The molecule has 0 spiro atoms. The highest BCUT2D eigenvalue weighted by Gasteiger charge is 2.28. The standard InChI is InChI=1S/C15H24N2O/c1-3-11-4-6-12(7-5-11)14(18)13-8-10(2)9-17-15(13)16/h8-9,11-12,14,18H,3-7H2,1-2H3,(H2,16,17). The number of nitrogens with zero attached hydrogens (tertiary/aromatic N) is 1. The largest absolute Gasteiger partial charge is 0.388 e. The minimum absolute atomic E-state index is 0.346. The maximum Gasteiger partial charge on any atom is 0.129 e. The number of hydrogen-bond donors (Lipinski definition) is 2. The Bertz CT molecular complexity index is 397. The molecule has 0 bridgehead atoms. The highest BCUT2D eigenvalue weighted by Crippen LogP contribution is 2.38. The van der Waals surface area contributed by atoms with Gasteiger partial charge in [0.05, 0.1) is 6.10 Å². The lowest BCUT2D eigenvalue weighted by atomic mass is 9.77. The topological polar surface area (TPSA) is 59.1 Å². The zero-order valence-electron chi connectivity index (χ0n) is 11.4. The molecule has 1 unspecified atom stereocenters. The third-order valence-corrected chi connectivity index (χ3v) is 4.32. The van der Waals surface area contributed by atoms with Crippen LogP contribution in [0.3, 0.4) is 0 Å². The Morgan fingerprint density at radius 3 is 2.67 bits per heavy atom. The van der Waals surface area contributed by atoms with Gasteiger partial charge >= 0.3 is 0 Å². The van der Waals surface area contributed by atoms with Crippen molar-refractivity contribution in [3.63, 3.8) is 0 Å². The lowest BCUT2D eigenvalue weighted by Crippen LogP contribution is -2.21. The number of nitrogen functional groups attached to an aromatic ring is 1. The molecule has 3 N–H and O–H groups in total. The second-order valence-corrected chi connectivity index (χ2v) is 5.62. The van der Waals surface area contributed by atoms with Crippen molar-refractivity contribution in [3.05, 3.63) is 23.4 Å². The molecule has 100 valence electrons. The Hall–Kier alpha value is -1.09. The van der Waals surface area contributed by atoms with Gasteiger partial charge in [0.15, 0.2) is 0 Å². The van der Waals surface area contributed by atoms with E-state index in [1.54, 1.807) is 6.20 Å². The molecule has 1 aliphatic carbocycles. The Kier molecular flexibility index (Phi) is 4.23. The first-order chi connectivity index (χ1) is 8.61. The van der Waals surface area contributed by atoms with E-state index in [1.165, 1.54) is 19.3 Å². The summed E-state index contributed by atoms with van der Waals surface area (Å²) in [6, 6.07) is 1.97. The van der Waals surface area contributed by atoms with E-state index >= 15 is 0 Å². The van der Waals surface area contributed by atoms with Crippen LogP contribution in [0.4, 0.5) is 5.82 Å². The van der Waals surface area contributed by atoms with Crippen LogP contribution in [0.1, 0.15) is 56.3 Å². The zero-order valence-corrected chi connectivity index (χ0v) is 11.4. The number of nitrogens with two attached hydrogens (primary N) is 1.